The summed E-state index contributed by atoms with van der Waals surface area (Å²) in [7, 11) is -3.74. The molecule has 1 N–H and O–H groups in total. The highest BCUT2D eigenvalue weighted by Gasteiger charge is 2.19. The average molecular weight is 406 g/mol. The van der Waals surface area contributed by atoms with Crippen LogP contribution in [0, 0.1) is 0 Å². The van der Waals surface area contributed by atoms with Crippen LogP contribution in [0.3, 0.4) is 0 Å². The zero-order chi connectivity index (χ0) is 20.0. The molecule has 0 saturated carbocycles. The molecule has 0 aliphatic carbocycles. The molecule has 3 rings (SSSR count). The Morgan fingerprint density at radius 1 is 1.07 bits per heavy atom. The summed E-state index contributed by atoms with van der Waals surface area (Å²) >= 11 is 0. The van der Waals surface area contributed by atoms with Crippen molar-refractivity contribution in [2.45, 2.75) is 11.3 Å². The van der Waals surface area contributed by atoms with E-state index >= 15 is 0 Å². The Balaban J connectivity index is 1.46. The summed E-state index contributed by atoms with van der Waals surface area (Å²) in [6.45, 7) is 1.42. The van der Waals surface area contributed by atoms with Gasteiger partial charge in [-0.15, -0.1) is 0 Å². The molecule has 0 aromatic heterocycles. The number of carbonyl (C=O) groups is 2. The van der Waals surface area contributed by atoms with Gasteiger partial charge in [-0.25, -0.2) is 13.1 Å². The molecular formula is C19H22N2O6S. The van der Waals surface area contributed by atoms with E-state index in [0.29, 0.717) is 26.3 Å². The van der Waals surface area contributed by atoms with E-state index in [1.54, 1.807) is 17.0 Å². The van der Waals surface area contributed by atoms with Crippen LogP contribution >= 0.6 is 0 Å². The number of hydrogen-bond acceptors (Lipinski definition) is 6. The second-order valence-electron chi connectivity index (χ2n) is 6.31. The van der Waals surface area contributed by atoms with Crippen LogP contribution < -0.4 is 4.72 Å². The molecule has 1 saturated heterocycles. The predicted molar refractivity (Wildman–Crippen MR) is 102 cm³/mol. The number of amides is 1. The van der Waals surface area contributed by atoms with Gasteiger partial charge in [-0.2, -0.15) is 0 Å². The maximum atomic E-state index is 12.4. The smallest absolute Gasteiger partial charge is 0.307 e. The number of fused-ring (bicyclic) bond motifs is 1. The molecular weight excluding hydrogens is 384 g/mol. The Morgan fingerprint density at radius 2 is 1.79 bits per heavy atom. The number of rotatable bonds is 7. The lowest BCUT2D eigenvalue weighted by Crippen LogP contribution is -2.42. The standard InChI is InChI=1S/C19H22N2O6S/c22-18(21-9-11-26-12-10-21)14-27-19(23)7-8-20-28(24,25)17-6-5-15-3-1-2-4-16(15)13-17/h1-6,13,20H,7-12,14H2. The number of ether oxygens (including phenoxy) is 2. The lowest BCUT2D eigenvalue weighted by Gasteiger charge is -2.26. The summed E-state index contributed by atoms with van der Waals surface area (Å²) in [5.41, 5.74) is 0. The molecule has 9 heteroatoms. The monoisotopic (exact) mass is 406 g/mol. The van der Waals surface area contributed by atoms with E-state index in [4.69, 9.17) is 9.47 Å². The topological polar surface area (TPSA) is 102 Å². The molecule has 8 nitrogen and oxygen atoms in total. The van der Waals surface area contributed by atoms with E-state index in [-0.39, 0.29) is 30.4 Å². The Bertz CT molecular complexity index is 954. The fourth-order valence-electron chi connectivity index (χ4n) is 2.82. The average Bonchev–Trinajstić information content (AvgIpc) is 2.72. The lowest BCUT2D eigenvalue weighted by molar-refractivity contribution is -0.153. The SMILES string of the molecule is O=C(CCNS(=O)(=O)c1ccc2ccccc2c1)OCC(=O)N1CCOCC1. The van der Waals surface area contributed by atoms with Crippen LogP contribution in [0.5, 0.6) is 0 Å². The Hall–Kier alpha value is -2.49. The third-order valence-electron chi connectivity index (χ3n) is 4.37. The number of esters is 1. The van der Waals surface area contributed by atoms with Gasteiger partial charge in [0.25, 0.3) is 5.91 Å². The van der Waals surface area contributed by atoms with Crippen molar-refractivity contribution >= 4 is 32.7 Å². The summed E-state index contributed by atoms with van der Waals surface area (Å²) in [6, 6.07) is 12.3. The van der Waals surface area contributed by atoms with Gasteiger partial charge in [-0.1, -0.05) is 30.3 Å². The number of benzene rings is 2. The van der Waals surface area contributed by atoms with E-state index in [1.807, 2.05) is 24.3 Å². The van der Waals surface area contributed by atoms with Crippen LogP contribution in [0.4, 0.5) is 0 Å². The number of nitrogens with zero attached hydrogens (tertiary/aromatic N) is 1. The molecule has 2 aromatic rings. The molecule has 1 aliphatic heterocycles. The zero-order valence-electron chi connectivity index (χ0n) is 15.3. The van der Waals surface area contributed by atoms with Crippen molar-refractivity contribution in [3.63, 3.8) is 0 Å². The van der Waals surface area contributed by atoms with Gasteiger partial charge >= 0.3 is 5.97 Å². The molecule has 150 valence electrons. The highest BCUT2D eigenvalue weighted by molar-refractivity contribution is 7.89. The van der Waals surface area contributed by atoms with Crippen LogP contribution in [-0.4, -0.2) is 64.6 Å². The van der Waals surface area contributed by atoms with Gasteiger partial charge in [0, 0.05) is 19.6 Å². The van der Waals surface area contributed by atoms with Gasteiger partial charge in [0.05, 0.1) is 24.5 Å². The fourth-order valence-corrected chi connectivity index (χ4v) is 3.89. The number of morpholine rings is 1. The van der Waals surface area contributed by atoms with Crippen molar-refractivity contribution in [3.05, 3.63) is 42.5 Å². The minimum absolute atomic E-state index is 0.111. The van der Waals surface area contributed by atoms with Crippen LogP contribution in [0.15, 0.2) is 47.4 Å². The van der Waals surface area contributed by atoms with Crippen molar-refractivity contribution < 1.29 is 27.5 Å². The second kappa shape index (κ2) is 9.13. The first kappa shape index (κ1) is 20.2. The summed E-state index contributed by atoms with van der Waals surface area (Å²) < 4.78 is 37.3. The molecule has 1 amide bonds. The molecule has 0 bridgehead atoms. The van der Waals surface area contributed by atoms with Crippen LogP contribution in [0.2, 0.25) is 0 Å². The number of hydrogen-bond donors (Lipinski definition) is 1. The van der Waals surface area contributed by atoms with Crippen molar-refractivity contribution in [3.8, 4) is 0 Å². The first-order chi connectivity index (χ1) is 13.5. The normalized spacial score (nSPS) is 14.8. The fraction of sp³-hybridized carbons (Fsp3) is 0.368. The van der Waals surface area contributed by atoms with Crippen molar-refractivity contribution in [1.29, 1.82) is 0 Å². The predicted octanol–water partition coefficient (Wildman–Crippen LogP) is 0.910. The van der Waals surface area contributed by atoms with Crippen molar-refractivity contribution in [2.75, 3.05) is 39.5 Å². The van der Waals surface area contributed by atoms with E-state index in [9.17, 15) is 18.0 Å². The molecule has 1 aliphatic rings. The molecule has 1 heterocycles. The zero-order valence-corrected chi connectivity index (χ0v) is 16.1. The third-order valence-corrected chi connectivity index (χ3v) is 5.83. The van der Waals surface area contributed by atoms with Gasteiger partial charge in [-0.05, 0) is 22.9 Å². The highest BCUT2D eigenvalue weighted by atomic mass is 32.2. The first-order valence-electron chi connectivity index (χ1n) is 8.95. The molecule has 0 atom stereocenters. The van der Waals surface area contributed by atoms with E-state index in [0.717, 1.165) is 10.8 Å². The van der Waals surface area contributed by atoms with Crippen LogP contribution in [-0.2, 0) is 29.1 Å². The number of sulfonamides is 1. The van der Waals surface area contributed by atoms with Gasteiger partial charge in [0.1, 0.15) is 0 Å². The molecule has 1 fully saturated rings. The van der Waals surface area contributed by atoms with Gasteiger partial charge in [-0.3, -0.25) is 9.59 Å². The van der Waals surface area contributed by atoms with Crippen LogP contribution in [0.25, 0.3) is 10.8 Å². The summed E-state index contributed by atoms with van der Waals surface area (Å²) in [5, 5.41) is 1.75. The molecule has 2 aromatic carbocycles. The molecule has 28 heavy (non-hydrogen) atoms. The van der Waals surface area contributed by atoms with Crippen molar-refractivity contribution in [2.24, 2.45) is 0 Å². The lowest BCUT2D eigenvalue weighted by atomic mass is 10.1. The Kier molecular flexibility index (Phi) is 6.61. The van der Waals surface area contributed by atoms with Crippen LogP contribution in [0.1, 0.15) is 6.42 Å². The molecule has 0 unspecified atom stereocenters. The Labute approximate surface area is 163 Å². The molecule has 0 radical (unpaired) electrons. The van der Waals surface area contributed by atoms with E-state index in [2.05, 4.69) is 4.72 Å². The molecule has 0 spiro atoms. The quantitative estimate of drug-likeness (QED) is 0.686. The number of nitrogens with one attached hydrogen (secondary N) is 1. The highest BCUT2D eigenvalue weighted by Crippen LogP contribution is 2.18. The second-order valence-corrected chi connectivity index (χ2v) is 8.08. The number of carbonyl (C=O) groups excluding carboxylic acids is 2. The third kappa shape index (κ3) is 5.28. The van der Waals surface area contributed by atoms with Gasteiger partial charge < -0.3 is 14.4 Å². The summed E-state index contributed by atoms with van der Waals surface area (Å²) in [4.78, 5) is 25.4. The van der Waals surface area contributed by atoms with Gasteiger partial charge in [0.15, 0.2) is 6.61 Å². The summed E-state index contributed by atoms with van der Waals surface area (Å²) in [5.74, 6) is -0.920. The minimum atomic E-state index is -3.74. The van der Waals surface area contributed by atoms with E-state index in [1.165, 1.54) is 6.07 Å². The summed E-state index contributed by atoms with van der Waals surface area (Å²) in [6.07, 6.45) is -0.163. The first-order valence-corrected chi connectivity index (χ1v) is 10.4. The van der Waals surface area contributed by atoms with Crippen molar-refractivity contribution in [1.82, 2.24) is 9.62 Å². The van der Waals surface area contributed by atoms with E-state index < -0.39 is 16.0 Å². The maximum absolute atomic E-state index is 12.4. The largest absolute Gasteiger partial charge is 0.456 e. The van der Waals surface area contributed by atoms with Gasteiger partial charge in [0.2, 0.25) is 10.0 Å². The Morgan fingerprint density at radius 3 is 2.54 bits per heavy atom. The maximum Gasteiger partial charge on any atom is 0.307 e. The minimum Gasteiger partial charge on any atom is -0.456 e.